The van der Waals surface area contributed by atoms with Gasteiger partial charge in [0.2, 0.25) is 5.91 Å². The smallest absolute Gasteiger partial charge is 0.219 e. The van der Waals surface area contributed by atoms with E-state index in [1.165, 1.54) is 5.57 Å². The van der Waals surface area contributed by atoms with E-state index < -0.39 is 0 Å². The van der Waals surface area contributed by atoms with Crippen LogP contribution in [-0.2, 0) is 4.79 Å². The number of benzene rings is 1. The molecule has 96 valence electrons. The van der Waals surface area contributed by atoms with Crippen molar-refractivity contribution in [1.82, 2.24) is 4.90 Å². The molecule has 0 saturated carbocycles. The maximum atomic E-state index is 11.2. The van der Waals surface area contributed by atoms with Crippen LogP contribution in [0.3, 0.4) is 0 Å². The van der Waals surface area contributed by atoms with E-state index in [1.54, 1.807) is 14.0 Å². The van der Waals surface area contributed by atoms with Gasteiger partial charge in [0.15, 0.2) is 0 Å². The van der Waals surface area contributed by atoms with Gasteiger partial charge in [-0.2, -0.15) is 0 Å². The lowest BCUT2D eigenvalue weighted by Crippen LogP contribution is -2.32. The lowest BCUT2D eigenvalue weighted by Gasteiger charge is -2.25. The minimum Gasteiger partial charge on any atom is -0.495 e. The van der Waals surface area contributed by atoms with Crippen LogP contribution in [0.4, 0.5) is 5.69 Å². The summed E-state index contributed by atoms with van der Waals surface area (Å²) in [7, 11) is 1.61. The third-order valence-electron chi connectivity index (χ3n) is 3.26. The number of amides is 1. The van der Waals surface area contributed by atoms with Gasteiger partial charge in [-0.3, -0.25) is 4.79 Å². The Bertz CT molecular complexity index is 495. The predicted molar refractivity (Wildman–Crippen MR) is 72.3 cm³/mol. The number of nitrogens with zero attached hydrogens (tertiary/aromatic N) is 1. The molecule has 0 atom stereocenters. The molecule has 0 unspecified atom stereocenters. The minimum atomic E-state index is 0.125. The summed E-state index contributed by atoms with van der Waals surface area (Å²) in [6, 6.07) is 5.80. The molecule has 0 aliphatic carbocycles. The number of ether oxygens (including phenoxy) is 1. The molecular formula is C14H18N2O2. The number of anilines is 1. The number of rotatable bonds is 2. The summed E-state index contributed by atoms with van der Waals surface area (Å²) in [6.07, 6.45) is 2.96. The summed E-state index contributed by atoms with van der Waals surface area (Å²) >= 11 is 0. The van der Waals surface area contributed by atoms with Crippen molar-refractivity contribution >= 4 is 17.2 Å². The molecule has 4 heteroatoms. The zero-order valence-electron chi connectivity index (χ0n) is 10.8. The van der Waals surface area contributed by atoms with Crippen LogP contribution in [0.1, 0.15) is 18.9 Å². The van der Waals surface area contributed by atoms with Crippen LogP contribution in [0, 0.1) is 0 Å². The topological polar surface area (TPSA) is 55.6 Å². The van der Waals surface area contributed by atoms with Gasteiger partial charge < -0.3 is 15.4 Å². The standard InChI is InChI=1S/C14H18N2O2/c1-10(17)16-7-5-11(6-8-16)12-3-4-13(15)14(9-12)18-2/h3-5,9H,6-8,15H2,1-2H3. The predicted octanol–water partition coefficient (Wildman–Crippen LogP) is 1.91. The highest BCUT2D eigenvalue weighted by molar-refractivity contribution is 5.76. The van der Waals surface area contributed by atoms with E-state index in [0.29, 0.717) is 18.0 Å². The molecule has 1 aliphatic heterocycles. The summed E-state index contributed by atoms with van der Waals surface area (Å²) in [5, 5.41) is 0. The third-order valence-corrected chi connectivity index (χ3v) is 3.26. The van der Waals surface area contributed by atoms with E-state index in [9.17, 15) is 4.79 Å². The Labute approximate surface area is 107 Å². The highest BCUT2D eigenvalue weighted by atomic mass is 16.5. The first-order valence-corrected chi connectivity index (χ1v) is 6.00. The Morgan fingerprint density at radius 2 is 2.22 bits per heavy atom. The average Bonchev–Trinajstić information content (AvgIpc) is 2.39. The lowest BCUT2D eigenvalue weighted by molar-refractivity contribution is -0.128. The Morgan fingerprint density at radius 3 is 2.78 bits per heavy atom. The maximum Gasteiger partial charge on any atom is 0.219 e. The highest BCUT2D eigenvalue weighted by Gasteiger charge is 2.15. The molecule has 1 aliphatic rings. The second-order valence-corrected chi connectivity index (χ2v) is 4.40. The van der Waals surface area contributed by atoms with Crippen molar-refractivity contribution in [3.05, 3.63) is 29.8 Å². The molecule has 4 nitrogen and oxygen atoms in total. The van der Waals surface area contributed by atoms with Crippen LogP contribution in [0.25, 0.3) is 5.57 Å². The number of carbonyl (C=O) groups excluding carboxylic acids is 1. The van der Waals surface area contributed by atoms with Crippen LogP contribution in [-0.4, -0.2) is 31.0 Å². The van der Waals surface area contributed by atoms with E-state index in [-0.39, 0.29) is 5.91 Å². The number of hydrogen-bond acceptors (Lipinski definition) is 3. The summed E-state index contributed by atoms with van der Waals surface area (Å²) < 4.78 is 5.22. The van der Waals surface area contributed by atoms with E-state index in [0.717, 1.165) is 18.5 Å². The largest absolute Gasteiger partial charge is 0.495 e. The zero-order chi connectivity index (χ0) is 13.1. The van der Waals surface area contributed by atoms with Crippen LogP contribution >= 0.6 is 0 Å². The average molecular weight is 246 g/mol. The second-order valence-electron chi connectivity index (χ2n) is 4.40. The van der Waals surface area contributed by atoms with Gasteiger partial charge in [-0.1, -0.05) is 12.1 Å². The van der Waals surface area contributed by atoms with Crippen molar-refractivity contribution in [3.63, 3.8) is 0 Å². The molecule has 2 rings (SSSR count). The van der Waals surface area contributed by atoms with Crippen LogP contribution < -0.4 is 10.5 Å². The summed E-state index contributed by atoms with van der Waals surface area (Å²) in [4.78, 5) is 13.1. The van der Waals surface area contributed by atoms with Gasteiger partial charge in [0, 0.05) is 20.0 Å². The van der Waals surface area contributed by atoms with Gasteiger partial charge in [0.25, 0.3) is 0 Å². The van der Waals surface area contributed by atoms with E-state index in [4.69, 9.17) is 10.5 Å². The lowest BCUT2D eigenvalue weighted by atomic mass is 9.99. The van der Waals surface area contributed by atoms with E-state index >= 15 is 0 Å². The van der Waals surface area contributed by atoms with Crippen LogP contribution in [0.2, 0.25) is 0 Å². The summed E-state index contributed by atoms with van der Waals surface area (Å²) in [6.45, 7) is 3.05. The molecule has 1 amide bonds. The number of nitrogens with two attached hydrogens (primary N) is 1. The van der Waals surface area contributed by atoms with Gasteiger partial charge in [0.05, 0.1) is 12.8 Å². The molecule has 0 radical (unpaired) electrons. The molecule has 0 aromatic heterocycles. The molecule has 18 heavy (non-hydrogen) atoms. The quantitative estimate of drug-likeness (QED) is 0.811. The molecule has 0 saturated heterocycles. The fourth-order valence-corrected chi connectivity index (χ4v) is 2.13. The van der Waals surface area contributed by atoms with Crippen molar-refractivity contribution in [2.75, 3.05) is 25.9 Å². The SMILES string of the molecule is COc1cc(C2=CCN(C(C)=O)CC2)ccc1N. The first-order valence-electron chi connectivity index (χ1n) is 6.00. The van der Waals surface area contributed by atoms with Crippen molar-refractivity contribution in [2.24, 2.45) is 0 Å². The van der Waals surface area contributed by atoms with Gasteiger partial charge in [-0.05, 0) is 29.7 Å². The van der Waals surface area contributed by atoms with Gasteiger partial charge in [-0.15, -0.1) is 0 Å². The molecular weight excluding hydrogens is 228 g/mol. The zero-order valence-corrected chi connectivity index (χ0v) is 10.8. The minimum absolute atomic E-state index is 0.125. The fourth-order valence-electron chi connectivity index (χ4n) is 2.13. The van der Waals surface area contributed by atoms with Crippen LogP contribution in [0.5, 0.6) is 5.75 Å². The fraction of sp³-hybridized carbons (Fsp3) is 0.357. The van der Waals surface area contributed by atoms with E-state index in [1.807, 2.05) is 23.1 Å². The molecule has 1 heterocycles. The van der Waals surface area contributed by atoms with E-state index in [2.05, 4.69) is 6.08 Å². The maximum absolute atomic E-state index is 11.2. The molecule has 0 fully saturated rings. The number of methoxy groups -OCH3 is 1. The normalized spacial score (nSPS) is 15.2. The molecule has 1 aromatic carbocycles. The van der Waals surface area contributed by atoms with Gasteiger partial charge in [-0.25, -0.2) is 0 Å². The molecule has 2 N–H and O–H groups in total. The summed E-state index contributed by atoms with van der Waals surface area (Å²) in [5.74, 6) is 0.822. The van der Waals surface area contributed by atoms with Crippen molar-refractivity contribution in [1.29, 1.82) is 0 Å². The summed E-state index contributed by atoms with van der Waals surface area (Å²) in [5.41, 5.74) is 8.79. The Hall–Kier alpha value is -1.97. The Balaban J connectivity index is 2.20. The monoisotopic (exact) mass is 246 g/mol. The number of carbonyl (C=O) groups is 1. The number of nitrogen functional groups attached to an aromatic ring is 1. The third kappa shape index (κ3) is 2.47. The molecule has 0 bridgehead atoms. The second kappa shape index (κ2) is 5.12. The van der Waals surface area contributed by atoms with Gasteiger partial charge >= 0.3 is 0 Å². The van der Waals surface area contributed by atoms with Gasteiger partial charge in [0.1, 0.15) is 5.75 Å². The van der Waals surface area contributed by atoms with Crippen molar-refractivity contribution in [3.8, 4) is 5.75 Å². The first-order chi connectivity index (χ1) is 8.61. The first kappa shape index (κ1) is 12.5. The Kier molecular flexibility index (Phi) is 3.55. The molecule has 1 aromatic rings. The van der Waals surface area contributed by atoms with Crippen molar-refractivity contribution < 1.29 is 9.53 Å². The van der Waals surface area contributed by atoms with Crippen LogP contribution in [0.15, 0.2) is 24.3 Å². The number of hydrogen-bond donors (Lipinski definition) is 1. The molecule has 0 spiro atoms. The Morgan fingerprint density at radius 1 is 1.44 bits per heavy atom. The van der Waals surface area contributed by atoms with Crippen molar-refractivity contribution in [2.45, 2.75) is 13.3 Å². The highest BCUT2D eigenvalue weighted by Crippen LogP contribution is 2.29.